The van der Waals surface area contributed by atoms with E-state index in [1.165, 1.54) is 0 Å². The van der Waals surface area contributed by atoms with E-state index in [2.05, 4.69) is 21.3 Å². The predicted molar refractivity (Wildman–Crippen MR) is 147 cm³/mol. The average Bonchev–Trinajstić information content (AvgIpc) is 2.84. The van der Waals surface area contributed by atoms with Gasteiger partial charge in [0.25, 0.3) is 0 Å². The molecule has 0 aliphatic heterocycles. The van der Waals surface area contributed by atoms with Crippen molar-refractivity contribution in [1.82, 2.24) is 21.3 Å². The summed E-state index contributed by atoms with van der Waals surface area (Å²) in [6.45, 7) is 5.04. The number of hydrogen-bond donors (Lipinski definition) is 8. The lowest BCUT2D eigenvalue weighted by Crippen LogP contribution is -2.57. The lowest BCUT2D eigenvalue weighted by molar-refractivity contribution is -0.135. The first-order chi connectivity index (χ1) is 18.2. The van der Waals surface area contributed by atoms with Crippen molar-refractivity contribution in [3.05, 3.63) is 0 Å². The van der Waals surface area contributed by atoms with Crippen LogP contribution in [-0.2, 0) is 28.8 Å². The van der Waals surface area contributed by atoms with Crippen LogP contribution in [0, 0.1) is 11.8 Å². The van der Waals surface area contributed by atoms with Gasteiger partial charge in [0.05, 0.1) is 6.54 Å². The van der Waals surface area contributed by atoms with Crippen LogP contribution < -0.4 is 38.5 Å². The van der Waals surface area contributed by atoms with Gasteiger partial charge in [-0.1, -0.05) is 20.8 Å². The van der Waals surface area contributed by atoms with Crippen molar-refractivity contribution in [3.63, 3.8) is 0 Å². The molecule has 0 rings (SSSR count). The van der Waals surface area contributed by atoms with Crippen molar-refractivity contribution in [2.45, 2.75) is 83.6 Å². The Labute approximate surface area is 233 Å². The van der Waals surface area contributed by atoms with Gasteiger partial charge in [0, 0.05) is 12.3 Å². The van der Waals surface area contributed by atoms with E-state index in [0.29, 0.717) is 12.8 Å². The smallest absolute Gasteiger partial charge is 0.243 e. The lowest BCUT2D eigenvalue weighted by Gasteiger charge is -2.27. The van der Waals surface area contributed by atoms with Crippen LogP contribution in [0.2, 0.25) is 0 Å². The van der Waals surface area contributed by atoms with E-state index in [4.69, 9.17) is 17.2 Å². The van der Waals surface area contributed by atoms with Crippen LogP contribution in [-0.4, -0.2) is 83.5 Å². The summed E-state index contributed by atoms with van der Waals surface area (Å²) in [5, 5.41) is 19.6. The molecule has 0 fully saturated rings. The van der Waals surface area contributed by atoms with Crippen molar-refractivity contribution in [1.29, 1.82) is 0 Å². The molecule has 0 saturated heterocycles. The number of carbonyl (C=O) groups excluding carboxylic acids is 6. The van der Waals surface area contributed by atoms with Gasteiger partial charge in [-0.05, 0) is 50.0 Å². The molecule has 0 aromatic heterocycles. The second-order valence-corrected chi connectivity index (χ2v) is 10.8. The highest BCUT2D eigenvalue weighted by molar-refractivity contribution is 7.98. The first kappa shape index (κ1) is 36.1. The minimum Gasteiger partial charge on any atom is -0.379 e. The number of rotatable bonds is 20. The van der Waals surface area contributed by atoms with E-state index in [-0.39, 0.29) is 43.4 Å². The van der Waals surface area contributed by atoms with Gasteiger partial charge in [0.2, 0.25) is 35.4 Å². The fourth-order valence-corrected chi connectivity index (χ4v) is 4.04. The minimum absolute atomic E-state index is 0.0350. The zero-order valence-electron chi connectivity index (χ0n) is 23.2. The molecule has 0 aromatic rings. The molecule has 11 N–H and O–H groups in total. The maximum absolute atomic E-state index is 13.2. The molecule has 0 aliphatic rings. The highest BCUT2D eigenvalue weighted by Gasteiger charge is 2.31. The molecule has 224 valence electrons. The Hall–Kier alpha value is -2.91. The Morgan fingerprint density at radius 2 is 1.28 bits per heavy atom. The summed E-state index contributed by atoms with van der Waals surface area (Å²) in [6, 6.07) is -3.44. The van der Waals surface area contributed by atoms with E-state index in [1.54, 1.807) is 18.7 Å². The van der Waals surface area contributed by atoms with Gasteiger partial charge in [0.1, 0.15) is 24.4 Å². The topological polar surface area (TPSA) is 249 Å². The third-order valence-corrected chi connectivity index (χ3v) is 6.32. The van der Waals surface area contributed by atoms with Gasteiger partial charge in [-0.3, -0.25) is 28.8 Å². The minimum atomic E-state index is -1.27. The molecule has 3 unspecified atom stereocenters. The summed E-state index contributed by atoms with van der Waals surface area (Å²) in [5.74, 6) is -3.52. The zero-order valence-corrected chi connectivity index (χ0v) is 24.0. The molecule has 6 amide bonds. The molecule has 0 radical (unpaired) electrons. The number of hydrogen-bond acceptors (Lipinski definition) is 9. The van der Waals surface area contributed by atoms with Crippen LogP contribution in [0.4, 0.5) is 0 Å². The molecule has 0 bridgehead atoms. The predicted octanol–water partition coefficient (Wildman–Crippen LogP) is -2.20. The second kappa shape index (κ2) is 19.2. The van der Waals surface area contributed by atoms with Gasteiger partial charge in [-0.15, -0.1) is 0 Å². The summed E-state index contributed by atoms with van der Waals surface area (Å²) in [5.41, 5.74) is 15.6. The molecule has 15 heteroatoms. The van der Waals surface area contributed by atoms with E-state index >= 15 is 0 Å². The maximum atomic E-state index is 13.2. The molecule has 0 spiro atoms. The summed E-state index contributed by atoms with van der Waals surface area (Å²) in [4.78, 5) is 73.9. The Bertz CT molecular complexity index is 842. The van der Waals surface area contributed by atoms with Crippen molar-refractivity contribution in [3.8, 4) is 0 Å². The number of amides is 6. The van der Waals surface area contributed by atoms with E-state index in [1.807, 2.05) is 20.1 Å². The molecule has 5 atom stereocenters. The fourth-order valence-electron chi connectivity index (χ4n) is 3.45. The van der Waals surface area contributed by atoms with Crippen LogP contribution >= 0.6 is 11.8 Å². The summed E-state index contributed by atoms with van der Waals surface area (Å²) in [6.07, 6.45) is 1.02. The normalized spacial score (nSPS) is 14.8. The number of primary amides is 2. The molecular formula is C24H45N7O7S. The number of aliphatic hydroxyl groups excluding tert-OH is 1. The van der Waals surface area contributed by atoms with E-state index in [0.717, 1.165) is 5.75 Å². The SMILES string of the molecule is CSCC[C@@H](C)C(=O)NC(CC(C)C)C(=O)NC(CC[C@H](N)O)C(=O)NC(CCC(N)=O)C(=O)NCC(N)=O. The fraction of sp³-hybridized carbons (Fsp3) is 0.750. The van der Waals surface area contributed by atoms with Gasteiger partial charge in [0.15, 0.2) is 0 Å². The summed E-state index contributed by atoms with van der Waals surface area (Å²) in [7, 11) is 0. The molecule has 0 aliphatic carbocycles. The van der Waals surface area contributed by atoms with Crippen molar-refractivity contribution in [2.75, 3.05) is 18.6 Å². The van der Waals surface area contributed by atoms with Crippen LogP contribution in [0.15, 0.2) is 0 Å². The standard InChI is InChI=1S/C24H45N7O7S/c1-13(2)11-17(31-21(35)14(3)9-10-39-4)24(38)30-16(6-8-19(26)33)23(37)29-15(5-7-18(25)32)22(36)28-12-20(27)34/h13-17,19,33H,5-12,26H2,1-4H3,(H2,25,32)(H2,27,34)(H,28,36)(H,29,37)(H,30,38)(H,31,35)/t14-,15?,16?,17?,19-/m1/s1. The quantitative estimate of drug-likeness (QED) is 0.0732. The lowest BCUT2D eigenvalue weighted by atomic mass is 10.00. The highest BCUT2D eigenvalue weighted by Crippen LogP contribution is 2.11. The van der Waals surface area contributed by atoms with Gasteiger partial charge < -0.3 is 43.6 Å². The molecule has 0 heterocycles. The first-order valence-corrected chi connectivity index (χ1v) is 14.2. The van der Waals surface area contributed by atoms with Gasteiger partial charge in [-0.2, -0.15) is 11.8 Å². The maximum Gasteiger partial charge on any atom is 0.243 e. The third kappa shape index (κ3) is 16.6. The van der Waals surface area contributed by atoms with Crippen molar-refractivity contribution in [2.24, 2.45) is 29.0 Å². The monoisotopic (exact) mass is 575 g/mol. The van der Waals surface area contributed by atoms with E-state index in [9.17, 15) is 33.9 Å². The third-order valence-electron chi connectivity index (χ3n) is 5.68. The Balaban J connectivity index is 5.74. The Kier molecular flexibility index (Phi) is 17.8. The molecular weight excluding hydrogens is 530 g/mol. The number of nitrogens with two attached hydrogens (primary N) is 3. The molecule has 0 saturated carbocycles. The van der Waals surface area contributed by atoms with Gasteiger partial charge in [-0.25, -0.2) is 0 Å². The second-order valence-electron chi connectivity index (χ2n) is 9.83. The van der Waals surface area contributed by atoms with E-state index < -0.39 is 60.4 Å². The van der Waals surface area contributed by atoms with Crippen LogP contribution in [0.5, 0.6) is 0 Å². The average molecular weight is 576 g/mol. The molecule has 0 aromatic carbocycles. The summed E-state index contributed by atoms with van der Waals surface area (Å²) >= 11 is 1.61. The first-order valence-electron chi connectivity index (χ1n) is 12.9. The van der Waals surface area contributed by atoms with Gasteiger partial charge >= 0.3 is 0 Å². The van der Waals surface area contributed by atoms with Crippen LogP contribution in [0.25, 0.3) is 0 Å². The van der Waals surface area contributed by atoms with Crippen LogP contribution in [0.3, 0.4) is 0 Å². The van der Waals surface area contributed by atoms with Crippen molar-refractivity contribution < 1.29 is 33.9 Å². The largest absolute Gasteiger partial charge is 0.379 e. The Morgan fingerprint density at radius 3 is 1.77 bits per heavy atom. The highest BCUT2D eigenvalue weighted by atomic mass is 32.2. The van der Waals surface area contributed by atoms with Crippen LogP contribution in [0.1, 0.15) is 59.3 Å². The van der Waals surface area contributed by atoms with Crippen molar-refractivity contribution >= 4 is 47.2 Å². The molecule has 14 nitrogen and oxygen atoms in total. The number of nitrogens with one attached hydrogen (secondary N) is 4. The number of aliphatic hydroxyl groups is 1. The zero-order chi connectivity index (χ0) is 30.1. The summed E-state index contributed by atoms with van der Waals surface area (Å²) < 4.78 is 0. The Morgan fingerprint density at radius 1 is 0.744 bits per heavy atom. The number of thioether (sulfide) groups is 1. The number of carbonyl (C=O) groups is 6. The molecule has 39 heavy (non-hydrogen) atoms.